The first-order valence-electron chi connectivity index (χ1n) is 13.2. The number of nitrogens with zero attached hydrogens (tertiary/aromatic N) is 5. The van der Waals surface area contributed by atoms with E-state index >= 15 is 0 Å². The van der Waals surface area contributed by atoms with E-state index in [9.17, 15) is 22.4 Å². The van der Waals surface area contributed by atoms with Crippen molar-refractivity contribution in [2.24, 2.45) is 0 Å². The maximum absolute atomic E-state index is 14.3. The molecular formula is C28H35Cl2F4N5O. The predicted octanol–water partition coefficient (Wildman–Crippen LogP) is 5.35. The second-order valence-corrected chi connectivity index (χ2v) is 11.7. The molecule has 2 fully saturated rings. The van der Waals surface area contributed by atoms with Gasteiger partial charge in [0.25, 0.3) is 0 Å². The van der Waals surface area contributed by atoms with Gasteiger partial charge >= 0.3 is 12.2 Å². The van der Waals surface area contributed by atoms with E-state index in [0.29, 0.717) is 41.8 Å². The average molecular weight is 605 g/mol. The van der Waals surface area contributed by atoms with Gasteiger partial charge in [0.05, 0.1) is 15.6 Å². The average Bonchev–Trinajstić information content (AvgIpc) is 3.34. The van der Waals surface area contributed by atoms with Crippen molar-refractivity contribution in [3.8, 4) is 0 Å². The molecule has 0 aromatic heterocycles. The van der Waals surface area contributed by atoms with Crippen molar-refractivity contribution in [3.63, 3.8) is 0 Å². The van der Waals surface area contributed by atoms with Gasteiger partial charge in [-0.05, 0) is 56.5 Å². The van der Waals surface area contributed by atoms with Crippen LogP contribution in [0.5, 0.6) is 0 Å². The standard InChI is InChI=1S/C28H35Cl2F4N5O/c1-35(2)8-9-37-10-12-38(13-11-37)27(40)39-17-21(20-5-7-23(29)24(30)15-20)26(18-39)36(3)16-19-4-6-22(25(31)14-19)28(32,33)34/h4-7,14-15,21,26H,8-13,16-18H2,1-3H3/t21-,26-/m1/s1. The number of benzene rings is 2. The highest BCUT2D eigenvalue weighted by Crippen LogP contribution is 2.36. The number of amides is 2. The van der Waals surface area contributed by atoms with Gasteiger partial charge in [0.2, 0.25) is 0 Å². The largest absolute Gasteiger partial charge is 0.419 e. The lowest BCUT2D eigenvalue weighted by atomic mass is 9.93. The second kappa shape index (κ2) is 12.8. The highest BCUT2D eigenvalue weighted by molar-refractivity contribution is 6.42. The van der Waals surface area contributed by atoms with Crippen LogP contribution >= 0.6 is 23.2 Å². The van der Waals surface area contributed by atoms with Crippen LogP contribution in [-0.2, 0) is 12.7 Å². The topological polar surface area (TPSA) is 33.3 Å². The fourth-order valence-corrected chi connectivity index (χ4v) is 5.76. The Balaban J connectivity index is 1.49. The summed E-state index contributed by atoms with van der Waals surface area (Å²) in [5.41, 5.74) is 0.0419. The molecule has 220 valence electrons. The van der Waals surface area contributed by atoms with Crippen molar-refractivity contribution in [2.45, 2.75) is 24.7 Å². The molecule has 0 radical (unpaired) electrons. The molecule has 40 heavy (non-hydrogen) atoms. The Morgan fingerprint density at radius 3 is 2.25 bits per heavy atom. The number of rotatable bonds is 7. The van der Waals surface area contributed by atoms with Crippen LogP contribution < -0.4 is 0 Å². The first-order chi connectivity index (χ1) is 18.8. The van der Waals surface area contributed by atoms with Gasteiger partial charge in [0.1, 0.15) is 5.82 Å². The minimum absolute atomic E-state index is 0.0335. The van der Waals surface area contributed by atoms with Crippen LogP contribution in [-0.4, -0.2) is 110 Å². The predicted molar refractivity (Wildman–Crippen MR) is 149 cm³/mol. The van der Waals surface area contributed by atoms with Crippen LogP contribution in [0.25, 0.3) is 0 Å². The maximum atomic E-state index is 14.3. The monoisotopic (exact) mass is 603 g/mol. The highest BCUT2D eigenvalue weighted by Gasteiger charge is 2.40. The first-order valence-corrected chi connectivity index (χ1v) is 14.0. The van der Waals surface area contributed by atoms with Crippen molar-refractivity contribution in [1.82, 2.24) is 24.5 Å². The van der Waals surface area contributed by atoms with Crippen LogP contribution in [0.15, 0.2) is 36.4 Å². The van der Waals surface area contributed by atoms with E-state index in [4.69, 9.17) is 23.2 Å². The van der Waals surface area contributed by atoms with Gasteiger partial charge in [-0.3, -0.25) is 9.80 Å². The number of urea groups is 1. The third-order valence-electron chi connectivity index (χ3n) is 7.77. The number of carbonyl (C=O) groups is 1. The number of piperazine rings is 1. The van der Waals surface area contributed by atoms with Gasteiger partial charge in [0.15, 0.2) is 0 Å². The Bertz CT molecular complexity index is 1190. The number of hydrogen-bond acceptors (Lipinski definition) is 4. The summed E-state index contributed by atoms with van der Waals surface area (Å²) in [4.78, 5) is 23.7. The fraction of sp³-hybridized carbons (Fsp3) is 0.536. The van der Waals surface area contributed by atoms with Crippen molar-refractivity contribution < 1.29 is 22.4 Å². The molecule has 0 N–H and O–H groups in total. The molecule has 0 spiro atoms. The van der Waals surface area contributed by atoms with Crippen LogP contribution in [0.4, 0.5) is 22.4 Å². The quantitative estimate of drug-likeness (QED) is 0.400. The molecule has 2 saturated heterocycles. The van der Waals surface area contributed by atoms with Crippen molar-refractivity contribution >= 4 is 29.2 Å². The van der Waals surface area contributed by atoms with Gasteiger partial charge in [-0.1, -0.05) is 35.3 Å². The van der Waals surface area contributed by atoms with Crippen LogP contribution in [0.3, 0.4) is 0 Å². The summed E-state index contributed by atoms with van der Waals surface area (Å²) in [5.74, 6) is -1.42. The first kappa shape index (κ1) is 30.8. The fourth-order valence-electron chi connectivity index (χ4n) is 5.46. The van der Waals surface area contributed by atoms with E-state index in [1.165, 1.54) is 6.07 Å². The molecule has 2 heterocycles. The number of likely N-dealkylation sites (tertiary alicyclic amines) is 1. The molecule has 2 aromatic rings. The van der Waals surface area contributed by atoms with E-state index in [2.05, 4.69) is 9.80 Å². The van der Waals surface area contributed by atoms with E-state index in [0.717, 1.165) is 43.9 Å². The lowest BCUT2D eigenvalue weighted by Gasteiger charge is -2.37. The van der Waals surface area contributed by atoms with Gasteiger partial charge in [0, 0.05) is 70.9 Å². The van der Waals surface area contributed by atoms with Crippen LogP contribution in [0.2, 0.25) is 10.0 Å². The third-order valence-corrected chi connectivity index (χ3v) is 8.51. The van der Waals surface area contributed by atoms with Crippen molar-refractivity contribution in [2.75, 3.05) is 73.5 Å². The Kier molecular flexibility index (Phi) is 9.88. The van der Waals surface area contributed by atoms with E-state index in [1.807, 2.05) is 41.9 Å². The normalized spacial score (nSPS) is 20.7. The Labute approximate surface area is 243 Å². The smallest absolute Gasteiger partial charge is 0.322 e. The maximum Gasteiger partial charge on any atom is 0.419 e. The van der Waals surface area contributed by atoms with Gasteiger partial charge in [-0.25, -0.2) is 9.18 Å². The zero-order chi connectivity index (χ0) is 29.2. The zero-order valence-electron chi connectivity index (χ0n) is 22.9. The Morgan fingerprint density at radius 2 is 1.65 bits per heavy atom. The number of halogens is 6. The Hall–Kier alpha value is -2.11. The molecule has 2 amide bonds. The minimum Gasteiger partial charge on any atom is -0.322 e. The van der Waals surface area contributed by atoms with Gasteiger partial charge in [-0.2, -0.15) is 13.2 Å². The van der Waals surface area contributed by atoms with Crippen LogP contribution in [0.1, 0.15) is 22.6 Å². The summed E-state index contributed by atoms with van der Waals surface area (Å²) >= 11 is 12.5. The van der Waals surface area contributed by atoms with E-state index < -0.39 is 17.6 Å². The van der Waals surface area contributed by atoms with Crippen LogP contribution in [0, 0.1) is 5.82 Å². The summed E-state index contributed by atoms with van der Waals surface area (Å²) in [5, 5.41) is 0.831. The molecule has 2 aromatic carbocycles. The molecular weight excluding hydrogens is 569 g/mol. The summed E-state index contributed by atoms with van der Waals surface area (Å²) in [6.07, 6.45) is -4.75. The number of hydrogen-bond donors (Lipinski definition) is 0. The minimum atomic E-state index is -4.75. The van der Waals surface area contributed by atoms with Crippen molar-refractivity contribution in [1.29, 1.82) is 0 Å². The lowest BCUT2D eigenvalue weighted by Crippen LogP contribution is -2.53. The highest BCUT2D eigenvalue weighted by atomic mass is 35.5. The lowest BCUT2D eigenvalue weighted by molar-refractivity contribution is -0.140. The Morgan fingerprint density at radius 1 is 0.950 bits per heavy atom. The third kappa shape index (κ3) is 7.39. The molecule has 2 aliphatic rings. The van der Waals surface area contributed by atoms with Gasteiger partial charge in [-0.15, -0.1) is 0 Å². The summed E-state index contributed by atoms with van der Waals surface area (Å²) in [6.45, 7) is 5.91. The van der Waals surface area contributed by atoms with E-state index in [1.54, 1.807) is 12.1 Å². The molecule has 0 saturated carbocycles. The summed E-state index contributed by atoms with van der Waals surface area (Å²) in [6, 6.07) is 8.20. The molecule has 4 rings (SSSR count). The van der Waals surface area contributed by atoms with E-state index in [-0.39, 0.29) is 24.5 Å². The van der Waals surface area contributed by atoms with Crippen molar-refractivity contribution in [3.05, 3.63) is 69.0 Å². The molecule has 6 nitrogen and oxygen atoms in total. The molecule has 2 aliphatic heterocycles. The second-order valence-electron chi connectivity index (χ2n) is 10.9. The molecule has 2 atom stereocenters. The van der Waals surface area contributed by atoms with Gasteiger partial charge < -0.3 is 14.7 Å². The number of alkyl halides is 3. The number of carbonyl (C=O) groups excluding carboxylic acids is 1. The molecule has 0 unspecified atom stereocenters. The molecule has 0 aliphatic carbocycles. The summed E-state index contributed by atoms with van der Waals surface area (Å²) in [7, 11) is 5.92. The summed E-state index contributed by atoms with van der Waals surface area (Å²) < 4.78 is 53.4. The molecule has 12 heteroatoms. The SMILES string of the molecule is CN(C)CCN1CCN(C(=O)N2C[C@H](c3ccc(Cl)c(Cl)c3)[C@H](N(C)Cc3ccc(C(F)(F)F)c(F)c3)C2)CC1. The zero-order valence-corrected chi connectivity index (χ0v) is 24.4. The number of likely N-dealkylation sites (N-methyl/N-ethyl adjacent to an activating group) is 2. The molecule has 0 bridgehead atoms.